The van der Waals surface area contributed by atoms with Crippen molar-refractivity contribution in [3.05, 3.63) is 65.5 Å². The molecule has 0 spiro atoms. The predicted molar refractivity (Wildman–Crippen MR) is 169 cm³/mol. The van der Waals surface area contributed by atoms with E-state index in [0.717, 1.165) is 50.0 Å². The molecular formula is C33H54FN3O5. The highest BCUT2D eigenvalue weighted by atomic mass is 19.1. The molecule has 0 saturated carbocycles. The zero-order valence-electron chi connectivity index (χ0n) is 26.5. The number of aliphatic hydroxyl groups is 1. The largest absolute Gasteiger partial charge is 0.493 e. The summed E-state index contributed by atoms with van der Waals surface area (Å²) in [6, 6.07) is 14.5. The predicted octanol–water partition coefficient (Wildman–Crippen LogP) is 5.34. The average Bonchev–Trinajstić information content (AvgIpc) is 3.00. The molecule has 2 atom stereocenters. The van der Waals surface area contributed by atoms with Crippen LogP contribution >= 0.6 is 0 Å². The number of hydrogen-bond acceptors (Lipinski definition) is 5. The van der Waals surface area contributed by atoms with E-state index in [1.165, 1.54) is 17.7 Å². The number of benzene rings is 2. The van der Waals surface area contributed by atoms with E-state index >= 15 is 0 Å². The van der Waals surface area contributed by atoms with E-state index in [0.29, 0.717) is 25.3 Å². The fraction of sp³-hybridized carbons (Fsp3) is 0.545. The van der Waals surface area contributed by atoms with Gasteiger partial charge >= 0.3 is 0 Å². The number of aryl methyl sites for hydroxylation is 2. The van der Waals surface area contributed by atoms with Gasteiger partial charge in [-0.25, -0.2) is 4.39 Å². The lowest BCUT2D eigenvalue weighted by molar-refractivity contribution is -0.125. The summed E-state index contributed by atoms with van der Waals surface area (Å²) < 4.78 is 17.9. The number of unbranched alkanes of at least 4 members (excludes halogenated alkanes) is 1. The number of carbonyl (C=O) groups is 3. The highest BCUT2D eigenvalue weighted by molar-refractivity contribution is 5.78. The van der Waals surface area contributed by atoms with Crippen molar-refractivity contribution in [3.8, 4) is 5.75 Å². The van der Waals surface area contributed by atoms with Crippen LogP contribution in [-0.2, 0) is 20.8 Å². The molecular weight excluding hydrogens is 537 g/mol. The Morgan fingerprint density at radius 1 is 1.05 bits per heavy atom. The SMILES string of the molecule is CCC(C)C(C)C(=O)NC.CCCCOc1ccccc1CCCNC(=O)CCCO.Cc1ccc(F)cc1.NC=O. The lowest BCUT2D eigenvalue weighted by Gasteiger charge is -2.15. The minimum atomic E-state index is -0.171. The third-order valence-electron chi connectivity index (χ3n) is 6.40. The highest BCUT2D eigenvalue weighted by Crippen LogP contribution is 2.19. The lowest BCUT2D eigenvalue weighted by atomic mass is 9.93. The molecule has 42 heavy (non-hydrogen) atoms. The van der Waals surface area contributed by atoms with Crippen LogP contribution in [0.15, 0.2) is 48.5 Å². The Kier molecular flexibility index (Phi) is 26.8. The number of rotatable bonds is 14. The first kappa shape index (κ1) is 40.7. The van der Waals surface area contributed by atoms with Crippen LogP contribution in [0.1, 0.15) is 77.3 Å². The van der Waals surface area contributed by atoms with Crippen molar-refractivity contribution in [2.75, 3.05) is 26.8 Å². The van der Waals surface area contributed by atoms with Gasteiger partial charge in [0.15, 0.2) is 0 Å². The standard InChI is InChI=1S/C17H27NO3.C8H17NO.C7H7F.CH3NO/c1-2-3-14-21-16-10-5-4-8-15(16)9-6-12-18-17(20)11-7-13-19;1-5-6(2)7(3)8(10)9-4;1-6-2-4-7(8)5-3-6;2-1-3/h4-5,8,10,19H,2-3,6-7,9,11-14H2,1H3,(H,18,20);6-7H,5H2,1-4H3,(H,9,10);2-5H,1H3;1H,(H2,2,3). The molecule has 238 valence electrons. The van der Waals surface area contributed by atoms with Gasteiger partial charge in [0, 0.05) is 32.5 Å². The lowest BCUT2D eigenvalue weighted by Crippen LogP contribution is -2.29. The van der Waals surface area contributed by atoms with Crippen molar-refractivity contribution in [3.63, 3.8) is 0 Å². The molecule has 2 unspecified atom stereocenters. The second-order valence-corrected chi connectivity index (χ2v) is 9.81. The van der Waals surface area contributed by atoms with Crippen molar-refractivity contribution in [2.45, 2.75) is 79.6 Å². The molecule has 0 fully saturated rings. The quantitative estimate of drug-likeness (QED) is 0.174. The summed E-state index contributed by atoms with van der Waals surface area (Å²) in [5.41, 5.74) is 6.45. The van der Waals surface area contributed by atoms with Crippen LogP contribution in [0.2, 0.25) is 0 Å². The van der Waals surface area contributed by atoms with Crippen LogP contribution in [0.5, 0.6) is 5.75 Å². The molecule has 2 aromatic carbocycles. The molecule has 0 aliphatic rings. The summed E-state index contributed by atoms with van der Waals surface area (Å²) in [5.74, 6) is 1.58. The zero-order valence-corrected chi connectivity index (χ0v) is 26.5. The maximum absolute atomic E-state index is 12.1. The first-order chi connectivity index (χ1) is 20.1. The fourth-order valence-electron chi connectivity index (χ4n) is 3.39. The van der Waals surface area contributed by atoms with E-state index in [9.17, 15) is 14.0 Å². The number of aliphatic hydroxyl groups excluding tert-OH is 1. The Morgan fingerprint density at radius 3 is 2.19 bits per heavy atom. The molecule has 0 heterocycles. The number of hydrogen-bond donors (Lipinski definition) is 4. The zero-order chi connectivity index (χ0) is 32.2. The third kappa shape index (κ3) is 22.3. The molecule has 3 amide bonds. The van der Waals surface area contributed by atoms with Gasteiger partial charge < -0.3 is 26.2 Å². The second kappa shape index (κ2) is 27.7. The summed E-state index contributed by atoms with van der Waals surface area (Å²) in [5, 5.41) is 14.2. The molecule has 9 heteroatoms. The Labute approximate surface area is 252 Å². The minimum absolute atomic E-state index is 0.0107. The number of ether oxygens (including phenoxy) is 1. The van der Waals surface area contributed by atoms with Crippen LogP contribution in [-0.4, -0.2) is 50.1 Å². The highest BCUT2D eigenvalue weighted by Gasteiger charge is 2.16. The van der Waals surface area contributed by atoms with Gasteiger partial charge in [-0.3, -0.25) is 14.4 Å². The van der Waals surface area contributed by atoms with Crippen LogP contribution in [0.3, 0.4) is 0 Å². The van der Waals surface area contributed by atoms with E-state index in [2.05, 4.69) is 43.2 Å². The number of halogens is 1. The van der Waals surface area contributed by atoms with Crippen molar-refractivity contribution in [1.29, 1.82) is 0 Å². The average molecular weight is 592 g/mol. The van der Waals surface area contributed by atoms with Crippen molar-refractivity contribution in [1.82, 2.24) is 10.6 Å². The Hall–Kier alpha value is -3.46. The molecule has 5 N–H and O–H groups in total. The number of carbonyl (C=O) groups excluding carboxylic acids is 3. The summed E-state index contributed by atoms with van der Waals surface area (Å²) in [7, 11) is 1.68. The summed E-state index contributed by atoms with van der Waals surface area (Å²) >= 11 is 0. The first-order valence-electron chi connectivity index (χ1n) is 14.8. The first-order valence-corrected chi connectivity index (χ1v) is 14.8. The molecule has 0 aromatic heterocycles. The van der Waals surface area contributed by atoms with Crippen LogP contribution in [0, 0.1) is 24.6 Å². The minimum Gasteiger partial charge on any atom is -0.493 e. The fourth-order valence-corrected chi connectivity index (χ4v) is 3.39. The van der Waals surface area contributed by atoms with Gasteiger partial charge in [-0.2, -0.15) is 0 Å². The van der Waals surface area contributed by atoms with E-state index in [4.69, 9.17) is 14.6 Å². The summed E-state index contributed by atoms with van der Waals surface area (Å²) in [6.07, 6.45) is 6.21. The van der Waals surface area contributed by atoms with Gasteiger partial charge in [-0.05, 0) is 62.3 Å². The van der Waals surface area contributed by atoms with Crippen LogP contribution in [0.25, 0.3) is 0 Å². The van der Waals surface area contributed by atoms with E-state index < -0.39 is 0 Å². The van der Waals surface area contributed by atoms with Gasteiger partial charge in [-0.1, -0.05) is 76.4 Å². The monoisotopic (exact) mass is 591 g/mol. The third-order valence-corrected chi connectivity index (χ3v) is 6.40. The Balaban J connectivity index is 0. The smallest absolute Gasteiger partial charge is 0.222 e. The van der Waals surface area contributed by atoms with Crippen LogP contribution < -0.4 is 21.1 Å². The van der Waals surface area contributed by atoms with Gasteiger partial charge in [0.05, 0.1) is 6.61 Å². The van der Waals surface area contributed by atoms with Crippen molar-refractivity contribution >= 4 is 18.2 Å². The Bertz CT molecular complexity index is 936. The van der Waals surface area contributed by atoms with E-state index in [1.807, 2.05) is 32.0 Å². The molecule has 2 rings (SSSR count). The number of nitrogens with one attached hydrogen (secondary N) is 2. The van der Waals surface area contributed by atoms with Gasteiger partial charge in [0.2, 0.25) is 18.2 Å². The summed E-state index contributed by atoms with van der Waals surface area (Å²) in [4.78, 5) is 31.0. The number of nitrogens with two attached hydrogens (primary N) is 1. The molecule has 0 aliphatic carbocycles. The number of primary amides is 1. The Morgan fingerprint density at radius 2 is 1.67 bits per heavy atom. The molecule has 8 nitrogen and oxygen atoms in total. The number of amides is 3. The van der Waals surface area contributed by atoms with Gasteiger partial charge in [0.25, 0.3) is 0 Å². The molecule has 0 bridgehead atoms. The molecule has 2 aromatic rings. The maximum atomic E-state index is 12.1. The van der Waals surface area contributed by atoms with Gasteiger partial charge in [0.1, 0.15) is 11.6 Å². The molecule has 0 aliphatic heterocycles. The maximum Gasteiger partial charge on any atom is 0.222 e. The van der Waals surface area contributed by atoms with Crippen LogP contribution in [0.4, 0.5) is 4.39 Å². The normalized spacial score (nSPS) is 11.0. The molecule has 0 radical (unpaired) electrons. The van der Waals surface area contributed by atoms with Crippen molar-refractivity contribution in [2.24, 2.45) is 17.6 Å². The van der Waals surface area contributed by atoms with E-state index in [1.54, 1.807) is 19.2 Å². The molecule has 0 saturated heterocycles. The van der Waals surface area contributed by atoms with Crippen molar-refractivity contribution < 1.29 is 28.6 Å². The van der Waals surface area contributed by atoms with E-state index in [-0.39, 0.29) is 36.6 Å². The number of para-hydroxylation sites is 1. The topological polar surface area (TPSA) is 131 Å². The van der Waals surface area contributed by atoms with Gasteiger partial charge in [-0.15, -0.1) is 0 Å². The second-order valence-electron chi connectivity index (χ2n) is 9.81. The summed E-state index contributed by atoms with van der Waals surface area (Å²) in [6.45, 7) is 11.7.